The van der Waals surface area contributed by atoms with Gasteiger partial charge in [0.2, 0.25) is 5.88 Å². The summed E-state index contributed by atoms with van der Waals surface area (Å²) in [5.74, 6) is -1.73. The van der Waals surface area contributed by atoms with Crippen LogP contribution in [0.2, 0.25) is 0 Å². The van der Waals surface area contributed by atoms with Crippen molar-refractivity contribution in [2.24, 2.45) is 0 Å². The van der Waals surface area contributed by atoms with Crippen molar-refractivity contribution in [3.63, 3.8) is 0 Å². The molecule has 0 saturated carbocycles. The average Bonchev–Trinajstić information content (AvgIpc) is 3.37. The van der Waals surface area contributed by atoms with Crippen LogP contribution in [-0.4, -0.2) is 39.5 Å². The van der Waals surface area contributed by atoms with Crippen LogP contribution in [0, 0.1) is 11.6 Å². The van der Waals surface area contributed by atoms with Crippen molar-refractivity contribution >= 4 is 27.6 Å². The smallest absolute Gasteiger partial charge is 0.338 e. The topological polar surface area (TPSA) is 97.3 Å². The van der Waals surface area contributed by atoms with Crippen LogP contribution < -0.4 is 4.74 Å². The van der Waals surface area contributed by atoms with Crippen LogP contribution in [0.25, 0.3) is 32.8 Å². The van der Waals surface area contributed by atoms with E-state index < -0.39 is 23.0 Å². The number of halogens is 2. The standard InChI is InChI=1S/C29H25F2N3O4/c1-4-37-28(36)16-5-8-19(9-6-16)38-27-21-13-24-18(14-32-34-24)11-20(21)25(26(33-27)29(2,3)15-35)17-7-10-22(30)23(31)12-17/h5-14,35H,4,15H2,1-3H3,(H,32,34). The second-order valence-corrected chi connectivity index (χ2v) is 9.51. The number of benzene rings is 3. The van der Waals surface area contributed by atoms with Gasteiger partial charge in [-0.05, 0) is 66.4 Å². The lowest BCUT2D eigenvalue weighted by atomic mass is 9.82. The van der Waals surface area contributed by atoms with E-state index in [2.05, 4.69) is 10.2 Å². The molecule has 0 saturated heterocycles. The molecule has 5 rings (SSSR count). The quantitative estimate of drug-likeness (QED) is 0.246. The molecule has 0 radical (unpaired) electrons. The number of H-pyrrole nitrogens is 1. The van der Waals surface area contributed by atoms with Gasteiger partial charge in [-0.25, -0.2) is 18.6 Å². The van der Waals surface area contributed by atoms with Crippen molar-refractivity contribution in [2.75, 3.05) is 13.2 Å². The third kappa shape index (κ3) is 4.56. The number of aliphatic hydroxyl groups excluding tert-OH is 1. The molecule has 3 aromatic carbocycles. The lowest BCUT2D eigenvalue weighted by molar-refractivity contribution is 0.0526. The fraction of sp³-hybridized carbons (Fsp3) is 0.207. The summed E-state index contributed by atoms with van der Waals surface area (Å²) in [6, 6.07) is 13.8. The molecule has 0 amide bonds. The van der Waals surface area contributed by atoms with Gasteiger partial charge in [0, 0.05) is 21.8 Å². The SMILES string of the molecule is CCOC(=O)c1ccc(Oc2nc(C(C)(C)CO)c(-c3ccc(F)c(F)c3)c3cc4cn[nH]c4cc23)cc1. The maximum Gasteiger partial charge on any atom is 0.338 e. The first kappa shape index (κ1) is 25.3. The summed E-state index contributed by atoms with van der Waals surface area (Å²) in [7, 11) is 0. The predicted octanol–water partition coefficient (Wildman–Crippen LogP) is 6.30. The highest BCUT2D eigenvalue weighted by Crippen LogP contribution is 2.43. The number of hydrogen-bond donors (Lipinski definition) is 2. The molecular formula is C29H25F2N3O4. The molecule has 0 aliphatic heterocycles. The minimum absolute atomic E-state index is 0.239. The number of aliphatic hydroxyl groups is 1. The Morgan fingerprint density at radius 2 is 1.79 bits per heavy atom. The van der Waals surface area contributed by atoms with Gasteiger partial charge < -0.3 is 14.6 Å². The van der Waals surface area contributed by atoms with E-state index in [9.17, 15) is 18.7 Å². The first-order chi connectivity index (χ1) is 18.2. The highest BCUT2D eigenvalue weighted by Gasteiger charge is 2.29. The molecule has 194 valence electrons. The molecule has 0 unspecified atom stereocenters. The number of aromatic nitrogens is 3. The number of fused-ring (bicyclic) bond motifs is 2. The van der Waals surface area contributed by atoms with E-state index in [0.717, 1.165) is 23.0 Å². The van der Waals surface area contributed by atoms with E-state index in [4.69, 9.17) is 14.5 Å². The largest absolute Gasteiger partial charge is 0.462 e. The van der Waals surface area contributed by atoms with E-state index in [1.807, 2.05) is 12.1 Å². The van der Waals surface area contributed by atoms with Crippen LogP contribution in [0.15, 0.2) is 60.8 Å². The van der Waals surface area contributed by atoms with E-state index in [-0.39, 0.29) is 19.1 Å². The molecule has 0 aliphatic rings. The Kier molecular flexibility index (Phi) is 6.54. The number of pyridine rings is 1. The first-order valence-corrected chi connectivity index (χ1v) is 12.0. The summed E-state index contributed by atoms with van der Waals surface area (Å²) in [4.78, 5) is 16.9. The van der Waals surface area contributed by atoms with Gasteiger partial charge in [-0.2, -0.15) is 5.10 Å². The lowest BCUT2D eigenvalue weighted by Gasteiger charge is -2.26. The number of carbonyl (C=O) groups is 1. The van der Waals surface area contributed by atoms with Gasteiger partial charge in [0.1, 0.15) is 5.75 Å². The minimum Gasteiger partial charge on any atom is -0.462 e. The Morgan fingerprint density at radius 1 is 1.03 bits per heavy atom. The number of esters is 1. The maximum absolute atomic E-state index is 14.4. The fourth-order valence-corrected chi connectivity index (χ4v) is 4.29. The van der Waals surface area contributed by atoms with Crippen molar-refractivity contribution in [3.8, 4) is 22.8 Å². The van der Waals surface area contributed by atoms with Crippen LogP contribution in [0.4, 0.5) is 8.78 Å². The van der Waals surface area contributed by atoms with Crippen LogP contribution in [-0.2, 0) is 10.2 Å². The molecule has 0 aliphatic carbocycles. The Bertz CT molecular complexity index is 1660. The molecule has 0 atom stereocenters. The summed E-state index contributed by atoms with van der Waals surface area (Å²) < 4.78 is 39.4. The van der Waals surface area contributed by atoms with Crippen LogP contribution >= 0.6 is 0 Å². The first-order valence-electron chi connectivity index (χ1n) is 12.0. The van der Waals surface area contributed by atoms with E-state index in [1.54, 1.807) is 51.2 Å². The Balaban J connectivity index is 1.75. The molecule has 5 aromatic rings. The van der Waals surface area contributed by atoms with Crippen molar-refractivity contribution < 1.29 is 28.2 Å². The van der Waals surface area contributed by atoms with Crippen LogP contribution in [0.3, 0.4) is 0 Å². The fourth-order valence-electron chi connectivity index (χ4n) is 4.29. The molecule has 0 spiro atoms. The van der Waals surface area contributed by atoms with E-state index in [1.165, 1.54) is 6.07 Å². The zero-order chi connectivity index (χ0) is 27.0. The number of nitrogens with one attached hydrogen (secondary N) is 1. The second-order valence-electron chi connectivity index (χ2n) is 9.51. The average molecular weight is 518 g/mol. The van der Waals surface area contributed by atoms with Gasteiger partial charge in [-0.1, -0.05) is 19.9 Å². The van der Waals surface area contributed by atoms with Gasteiger partial charge in [-0.15, -0.1) is 0 Å². The molecule has 0 fully saturated rings. The molecule has 7 nitrogen and oxygen atoms in total. The molecule has 2 heterocycles. The zero-order valence-corrected chi connectivity index (χ0v) is 21.0. The summed E-state index contributed by atoms with van der Waals surface area (Å²) in [6.07, 6.45) is 1.66. The zero-order valence-electron chi connectivity index (χ0n) is 21.0. The number of rotatable bonds is 7. The minimum atomic E-state index is -0.991. The molecular weight excluding hydrogens is 492 g/mol. The summed E-state index contributed by atoms with van der Waals surface area (Å²) in [5, 5.41) is 19.4. The van der Waals surface area contributed by atoms with Gasteiger partial charge in [0.05, 0.1) is 36.2 Å². The molecule has 38 heavy (non-hydrogen) atoms. The second kappa shape index (κ2) is 9.83. The lowest BCUT2D eigenvalue weighted by Crippen LogP contribution is -2.25. The molecule has 2 N–H and O–H groups in total. The Hall–Kier alpha value is -4.37. The number of aromatic amines is 1. The number of carbonyl (C=O) groups excluding carboxylic acids is 1. The van der Waals surface area contributed by atoms with Crippen molar-refractivity contribution in [2.45, 2.75) is 26.2 Å². The van der Waals surface area contributed by atoms with Crippen molar-refractivity contribution in [3.05, 3.63) is 83.7 Å². The molecule has 9 heteroatoms. The number of ether oxygens (including phenoxy) is 2. The third-order valence-corrected chi connectivity index (χ3v) is 6.35. The summed E-state index contributed by atoms with van der Waals surface area (Å²) in [6.45, 7) is 5.35. The van der Waals surface area contributed by atoms with Gasteiger partial charge in [-0.3, -0.25) is 5.10 Å². The molecule has 0 bridgehead atoms. The Labute approximate surface area is 217 Å². The van der Waals surface area contributed by atoms with Crippen LogP contribution in [0.1, 0.15) is 36.8 Å². The van der Waals surface area contributed by atoms with Crippen molar-refractivity contribution in [1.82, 2.24) is 15.2 Å². The van der Waals surface area contributed by atoms with Crippen LogP contribution in [0.5, 0.6) is 11.6 Å². The third-order valence-electron chi connectivity index (χ3n) is 6.35. The van der Waals surface area contributed by atoms with Crippen molar-refractivity contribution in [1.29, 1.82) is 0 Å². The predicted molar refractivity (Wildman–Crippen MR) is 139 cm³/mol. The monoisotopic (exact) mass is 517 g/mol. The van der Waals surface area contributed by atoms with Gasteiger partial charge >= 0.3 is 5.97 Å². The molecule has 2 aromatic heterocycles. The summed E-state index contributed by atoms with van der Waals surface area (Å²) >= 11 is 0. The van der Waals surface area contributed by atoms with Gasteiger partial charge in [0.15, 0.2) is 11.6 Å². The maximum atomic E-state index is 14.4. The summed E-state index contributed by atoms with van der Waals surface area (Å²) in [5.41, 5.74) is 1.64. The highest BCUT2D eigenvalue weighted by molar-refractivity contribution is 6.07. The number of hydrogen-bond acceptors (Lipinski definition) is 6. The Morgan fingerprint density at radius 3 is 2.47 bits per heavy atom. The number of nitrogens with zero attached hydrogens (tertiary/aromatic N) is 2. The van der Waals surface area contributed by atoms with E-state index >= 15 is 0 Å². The van der Waals surface area contributed by atoms with Gasteiger partial charge in [0.25, 0.3) is 0 Å². The van der Waals surface area contributed by atoms with E-state index in [0.29, 0.717) is 38.9 Å². The highest BCUT2D eigenvalue weighted by atomic mass is 19.2. The normalized spacial score (nSPS) is 11.7.